The van der Waals surface area contributed by atoms with Gasteiger partial charge in [0.25, 0.3) is 0 Å². The second kappa shape index (κ2) is 7.24. The number of carbonyl (C=O) groups is 2. The predicted octanol–water partition coefficient (Wildman–Crippen LogP) is 0.170. The molecule has 0 aliphatic carbocycles. The summed E-state index contributed by atoms with van der Waals surface area (Å²) in [5.74, 6) is -0.295. The van der Waals surface area contributed by atoms with Crippen LogP contribution in [0.15, 0.2) is 24.6 Å². The van der Waals surface area contributed by atoms with Crippen molar-refractivity contribution in [3.8, 4) is 12.3 Å². The summed E-state index contributed by atoms with van der Waals surface area (Å²) < 4.78 is 5.16. The van der Waals surface area contributed by atoms with Crippen molar-refractivity contribution in [2.75, 3.05) is 13.7 Å². The molecule has 6 nitrogen and oxygen atoms in total. The third-order valence-corrected chi connectivity index (χ3v) is 2.59. The molecule has 0 aliphatic rings. The molecule has 6 heteroatoms. The molecule has 19 heavy (non-hydrogen) atoms. The smallest absolute Gasteiger partial charge is 0.302 e. The van der Waals surface area contributed by atoms with E-state index < -0.39 is 30.4 Å². The minimum atomic E-state index is -0.762. The Morgan fingerprint density at radius 3 is 2.37 bits per heavy atom. The number of aliphatic hydroxyl groups excluding tert-OH is 1. The van der Waals surface area contributed by atoms with Crippen LogP contribution in [0.1, 0.15) is 6.92 Å². The Hall–Kier alpha value is -2.26. The van der Waals surface area contributed by atoms with Crippen LogP contribution in [0.2, 0.25) is 0 Å². The van der Waals surface area contributed by atoms with E-state index in [9.17, 15) is 14.7 Å². The minimum Gasteiger partial charge on any atom is -0.513 e. The molecule has 0 aliphatic heterocycles. The Balaban J connectivity index is 5.27. The van der Waals surface area contributed by atoms with Crippen LogP contribution < -0.4 is 5.73 Å². The molecule has 0 saturated heterocycles. The lowest BCUT2D eigenvalue weighted by atomic mass is 9.99. The molecule has 0 aromatic heterocycles. The number of nitrogens with two attached hydrogens (primary N) is 1. The Morgan fingerprint density at radius 1 is 1.53 bits per heavy atom. The van der Waals surface area contributed by atoms with E-state index in [1.54, 1.807) is 6.92 Å². The first-order chi connectivity index (χ1) is 8.76. The van der Waals surface area contributed by atoms with E-state index in [4.69, 9.17) is 16.9 Å². The molecule has 0 aromatic rings. The van der Waals surface area contributed by atoms with Gasteiger partial charge in [-0.05, 0) is 5.92 Å². The number of primary amides is 1. The van der Waals surface area contributed by atoms with Crippen LogP contribution in [0, 0.1) is 18.3 Å². The Labute approximate surface area is 112 Å². The van der Waals surface area contributed by atoms with Gasteiger partial charge in [0.15, 0.2) is 0 Å². The second-order valence-electron chi connectivity index (χ2n) is 3.93. The van der Waals surface area contributed by atoms with Crippen molar-refractivity contribution in [3.05, 3.63) is 24.6 Å². The maximum Gasteiger partial charge on any atom is 0.302 e. The van der Waals surface area contributed by atoms with Gasteiger partial charge in [0.2, 0.25) is 5.91 Å². The van der Waals surface area contributed by atoms with E-state index in [-0.39, 0.29) is 11.5 Å². The van der Waals surface area contributed by atoms with Crippen LogP contribution in [0.25, 0.3) is 0 Å². The average molecular weight is 266 g/mol. The number of methoxy groups -OCH3 is 1. The first kappa shape index (κ1) is 16.7. The van der Waals surface area contributed by atoms with E-state index in [1.807, 2.05) is 5.92 Å². The molecule has 3 N–H and O–H groups in total. The lowest BCUT2D eigenvalue weighted by Crippen LogP contribution is -2.42. The Kier molecular flexibility index (Phi) is 6.38. The highest BCUT2D eigenvalue weighted by Gasteiger charge is 2.29. The summed E-state index contributed by atoms with van der Waals surface area (Å²) in [6, 6.07) is 0. The van der Waals surface area contributed by atoms with Crippen LogP contribution in [-0.4, -0.2) is 41.6 Å². The van der Waals surface area contributed by atoms with Crippen molar-refractivity contribution in [1.82, 2.24) is 4.90 Å². The summed E-state index contributed by atoms with van der Waals surface area (Å²) in [7, 11) is 1.37. The molecule has 0 rings (SSSR count). The van der Waals surface area contributed by atoms with Gasteiger partial charge in [-0.2, -0.15) is 0 Å². The number of hydrogen-bond donors (Lipinski definition) is 2. The second-order valence-corrected chi connectivity index (χ2v) is 3.93. The minimum absolute atomic E-state index is 0.131. The lowest BCUT2D eigenvalue weighted by Gasteiger charge is -2.30. The third kappa shape index (κ3) is 4.48. The van der Waals surface area contributed by atoms with E-state index in [0.717, 1.165) is 4.90 Å². The van der Waals surface area contributed by atoms with Crippen molar-refractivity contribution in [1.29, 1.82) is 0 Å². The zero-order chi connectivity index (χ0) is 15.2. The first-order valence-electron chi connectivity index (χ1n) is 5.42. The number of carbonyl (C=O) groups excluding carboxylic acids is 2. The molecular formula is C13H18N2O4. The molecule has 2 unspecified atom stereocenters. The van der Waals surface area contributed by atoms with Gasteiger partial charge in [-0.1, -0.05) is 20.1 Å². The summed E-state index contributed by atoms with van der Waals surface area (Å²) in [4.78, 5) is 23.5. The van der Waals surface area contributed by atoms with Crippen molar-refractivity contribution in [3.63, 3.8) is 0 Å². The van der Waals surface area contributed by atoms with Gasteiger partial charge in [-0.25, -0.2) is 0 Å². The van der Waals surface area contributed by atoms with Gasteiger partial charge in [0.1, 0.15) is 12.6 Å². The van der Waals surface area contributed by atoms with E-state index >= 15 is 0 Å². The van der Waals surface area contributed by atoms with Gasteiger partial charge in [-0.15, -0.1) is 6.42 Å². The summed E-state index contributed by atoms with van der Waals surface area (Å²) >= 11 is 0. The van der Waals surface area contributed by atoms with E-state index in [2.05, 4.69) is 13.2 Å². The molecule has 0 bridgehead atoms. The normalized spacial score (nSPS) is 12.9. The zero-order valence-electron chi connectivity index (χ0n) is 11.0. The monoisotopic (exact) mass is 266 g/mol. The zero-order valence-corrected chi connectivity index (χ0v) is 11.0. The SMILES string of the molecule is C#CC(=O)N(CC(N)=O)C(=C)C(OC)C(C)C(=C)O. The third-order valence-electron chi connectivity index (χ3n) is 2.59. The van der Waals surface area contributed by atoms with Gasteiger partial charge >= 0.3 is 5.91 Å². The number of hydrogen-bond acceptors (Lipinski definition) is 4. The molecule has 2 atom stereocenters. The highest BCUT2D eigenvalue weighted by atomic mass is 16.5. The van der Waals surface area contributed by atoms with Crippen LogP contribution in [0.4, 0.5) is 0 Å². The molecule has 104 valence electrons. The van der Waals surface area contributed by atoms with Crippen LogP contribution >= 0.6 is 0 Å². The number of amides is 2. The van der Waals surface area contributed by atoms with Crippen LogP contribution in [-0.2, 0) is 14.3 Å². The topological polar surface area (TPSA) is 92.9 Å². The Bertz CT molecular complexity index is 436. The van der Waals surface area contributed by atoms with Crippen molar-refractivity contribution >= 4 is 11.8 Å². The summed E-state index contributed by atoms with van der Waals surface area (Å²) in [5, 5.41) is 9.38. The fourth-order valence-electron chi connectivity index (χ4n) is 1.49. The molecule has 0 fully saturated rings. The maximum atomic E-state index is 11.6. The number of aliphatic hydroxyl groups is 1. The van der Waals surface area contributed by atoms with Gasteiger partial charge in [-0.3, -0.25) is 14.5 Å². The summed E-state index contributed by atoms with van der Waals surface area (Å²) in [6.07, 6.45) is 4.27. The number of terminal acetylenes is 1. The number of rotatable bonds is 7. The molecular weight excluding hydrogens is 248 g/mol. The molecule has 2 amide bonds. The highest BCUT2D eigenvalue weighted by Crippen LogP contribution is 2.22. The van der Waals surface area contributed by atoms with Crippen LogP contribution in [0.5, 0.6) is 0 Å². The lowest BCUT2D eigenvalue weighted by molar-refractivity contribution is -0.129. The van der Waals surface area contributed by atoms with Crippen molar-refractivity contribution < 1.29 is 19.4 Å². The molecule has 0 spiro atoms. The standard InChI is InChI=1S/C13H18N2O4/c1-6-12(18)15(7-11(14)17)9(3)13(19-5)8(2)10(4)16/h1,8,13,16H,3-4,7H2,2,5H3,(H2,14,17). The highest BCUT2D eigenvalue weighted by molar-refractivity contribution is 5.96. The van der Waals surface area contributed by atoms with E-state index in [0.29, 0.717) is 0 Å². The largest absolute Gasteiger partial charge is 0.513 e. The molecule has 0 saturated carbocycles. The Morgan fingerprint density at radius 2 is 2.05 bits per heavy atom. The van der Waals surface area contributed by atoms with Gasteiger partial charge in [0, 0.05) is 18.7 Å². The summed E-state index contributed by atoms with van der Waals surface area (Å²) in [6.45, 7) is 8.29. The number of ether oxygens (including phenoxy) is 1. The number of nitrogens with zero attached hydrogens (tertiary/aromatic N) is 1. The van der Waals surface area contributed by atoms with Gasteiger partial charge in [0.05, 0.1) is 5.76 Å². The van der Waals surface area contributed by atoms with Crippen LogP contribution in [0.3, 0.4) is 0 Å². The van der Waals surface area contributed by atoms with Gasteiger partial charge < -0.3 is 15.6 Å². The fourth-order valence-corrected chi connectivity index (χ4v) is 1.49. The van der Waals surface area contributed by atoms with Crippen molar-refractivity contribution in [2.24, 2.45) is 11.7 Å². The predicted molar refractivity (Wildman–Crippen MR) is 70.6 cm³/mol. The fraction of sp³-hybridized carbons (Fsp3) is 0.385. The maximum absolute atomic E-state index is 11.6. The van der Waals surface area contributed by atoms with E-state index in [1.165, 1.54) is 7.11 Å². The van der Waals surface area contributed by atoms with Crippen molar-refractivity contribution in [2.45, 2.75) is 13.0 Å². The first-order valence-corrected chi connectivity index (χ1v) is 5.42. The molecule has 0 radical (unpaired) electrons. The quantitative estimate of drug-likeness (QED) is 0.507. The molecule has 0 heterocycles. The average Bonchev–Trinajstić information content (AvgIpc) is 2.35. The molecule has 0 aromatic carbocycles. The summed E-state index contributed by atoms with van der Waals surface area (Å²) in [5.41, 5.74) is 5.18.